The lowest BCUT2D eigenvalue weighted by atomic mass is 10.0. The van der Waals surface area contributed by atoms with Crippen LogP contribution in [-0.2, 0) is 0 Å². The van der Waals surface area contributed by atoms with E-state index in [0.29, 0.717) is 0 Å². The van der Waals surface area contributed by atoms with Crippen molar-refractivity contribution in [3.05, 3.63) is 72.8 Å². The summed E-state index contributed by atoms with van der Waals surface area (Å²) in [5.41, 5.74) is 4.26. The molecule has 0 saturated carbocycles. The highest BCUT2D eigenvalue weighted by molar-refractivity contribution is 6.25. The number of benzene rings is 4. The summed E-state index contributed by atoms with van der Waals surface area (Å²) >= 11 is 0. The van der Waals surface area contributed by atoms with Crippen molar-refractivity contribution >= 4 is 54.5 Å². The molecule has 0 atom stereocenters. The summed E-state index contributed by atoms with van der Waals surface area (Å²) in [5.74, 6) is 0. The van der Waals surface area contributed by atoms with E-state index in [4.69, 9.17) is 4.42 Å². The zero-order valence-corrected chi connectivity index (χ0v) is 12.8. The van der Waals surface area contributed by atoms with E-state index in [1.165, 1.54) is 43.4 Å². The number of aromatic nitrogens is 1. The van der Waals surface area contributed by atoms with Gasteiger partial charge in [0.15, 0.2) is 0 Å². The molecule has 2 nitrogen and oxygen atoms in total. The van der Waals surface area contributed by atoms with Gasteiger partial charge < -0.3 is 9.40 Å². The van der Waals surface area contributed by atoms with E-state index in [-0.39, 0.29) is 0 Å². The van der Waals surface area contributed by atoms with Crippen LogP contribution in [0.3, 0.4) is 0 Å². The van der Waals surface area contributed by atoms with Gasteiger partial charge in [0.05, 0.1) is 5.52 Å². The monoisotopic (exact) mass is 307 g/mol. The molecule has 0 aliphatic rings. The molecule has 2 heteroatoms. The van der Waals surface area contributed by atoms with Gasteiger partial charge >= 0.3 is 0 Å². The summed E-state index contributed by atoms with van der Waals surface area (Å²) in [6.45, 7) is 0. The SMILES string of the molecule is c1ccc2c(c1)[nH]c1c2ccc2c1ccc1oc3ccccc3c12. The standard InChI is InChI=1S/C22H13NO/c1-3-7-18-13(5-1)15-10-9-14-16(22(15)23-18)11-12-20-21(14)17-6-2-4-8-19(17)24-20/h1-12,23H. The highest BCUT2D eigenvalue weighted by Gasteiger charge is 2.13. The van der Waals surface area contributed by atoms with E-state index >= 15 is 0 Å². The van der Waals surface area contributed by atoms with Crippen LogP contribution in [0.25, 0.3) is 54.5 Å². The van der Waals surface area contributed by atoms with E-state index in [1.54, 1.807) is 0 Å². The normalized spacial score (nSPS) is 12.2. The topological polar surface area (TPSA) is 28.9 Å². The minimum absolute atomic E-state index is 0.941. The van der Waals surface area contributed by atoms with Gasteiger partial charge in [0, 0.05) is 32.4 Å². The van der Waals surface area contributed by atoms with Gasteiger partial charge in [-0.15, -0.1) is 0 Å². The van der Waals surface area contributed by atoms with Crippen molar-refractivity contribution in [1.82, 2.24) is 4.98 Å². The summed E-state index contributed by atoms with van der Waals surface area (Å²) in [5, 5.41) is 7.38. The molecule has 1 N–H and O–H groups in total. The summed E-state index contributed by atoms with van der Waals surface area (Å²) in [7, 11) is 0. The lowest BCUT2D eigenvalue weighted by Crippen LogP contribution is -1.77. The number of furan rings is 1. The molecule has 0 unspecified atom stereocenters. The average molecular weight is 307 g/mol. The molecule has 2 heterocycles. The van der Waals surface area contributed by atoms with Crippen molar-refractivity contribution in [2.75, 3.05) is 0 Å². The minimum atomic E-state index is 0.941. The van der Waals surface area contributed by atoms with Gasteiger partial charge in [-0.1, -0.05) is 48.5 Å². The molecule has 0 saturated heterocycles. The number of hydrogen-bond acceptors (Lipinski definition) is 1. The van der Waals surface area contributed by atoms with Gasteiger partial charge in [0.25, 0.3) is 0 Å². The van der Waals surface area contributed by atoms with Gasteiger partial charge in [-0.05, 0) is 29.7 Å². The number of aromatic amines is 1. The maximum Gasteiger partial charge on any atom is 0.136 e. The second-order valence-corrected chi connectivity index (χ2v) is 6.29. The van der Waals surface area contributed by atoms with E-state index in [1.807, 2.05) is 12.1 Å². The third kappa shape index (κ3) is 1.41. The van der Waals surface area contributed by atoms with Crippen molar-refractivity contribution in [2.45, 2.75) is 0 Å². The van der Waals surface area contributed by atoms with Crippen LogP contribution in [0, 0.1) is 0 Å². The summed E-state index contributed by atoms with van der Waals surface area (Å²) in [4.78, 5) is 3.60. The maximum absolute atomic E-state index is 6.02. The van der Waals surface area contributed by atoms with Gasteiger partial charge in [0.1, 0.15) is 11.2 Å². The summed E-state index contributed by atoms with van der Waals surface area (Å²) in [6.07, 6.45) is 0. The van der Waals surface area contributed by atoms with E-state index in [2.05, 4.69) is 65.6 Å². The van der Waals surface area contributed by atoms with E-state index in [9.17, 15) is 0 Å². The fourth-order valence-electron chi connectivity index (χ4n) is 3.95. The zero-order valence-electron chi connectivity index (χ0n) is 12.8. The Hall–Kier alpha value is -3.26. The van der Waals surface area contributed by atoms with Crippen molar-refractivity contribution in [3.8, 4) is 0 Å². The van der Waals surface area contributed by atoms with Crippen molar-refractivity contribution in [3.63, 3.8) is 0 Å². The molecule has 0 radical (unpaired) electrons. The predicted molar refractivity (Wildman–Crippen MR) is 101 cm³/mol. The fraction of sp³-hybridized carbons (Fsp3) is 0. The Bertz CT molecular complexity index is 1400. The molecule has 2 aromatic heterocycles. The Morgan fingerprint density at radius 2 is 1.25 bits per heavy atom. The summed E-state index contributed by atoms with van der Waals surface area (Å²) < 4.78 is 6.02. The fourth-order valence-corrected chi connectivity index (χ4v) is 3.95. The quantitative estimate of drug-likeness (QED) is 0.347. The molecule has 112 valence electrons. The Balaban J connectivity index is 1.90. The average Bonchev–Trinajstić information content (AvgIpc) is 3.19. The van der Waals surface area contributed by atoms with E-state index < -0.39 is 0 Å². The minimum Gasteiger partial charge on any atom is -0.456 e. The molecule has 6 aromatic rings. The van der Waals surface area contributed by atoms with Crippen LogP contribution in [-0.4, -0.2) is 4.98 Å². The molecule has 0 amide bonds. The van der Waals surface area contributed by atoms with Crippen LogP contribution in [0.4, 0.5) is 0 Å². The van der Waals surface area contributed by atoms with Crippen LogP contribution in [0.15, 0.2) is 77.2 Å². The zero-order chi connectivity index (χ0) is 15.7. The maximum atomic E-state index is 6.02. The molecule has 4 aromatic carbocycles. The van der Waals surface area contributed by atoms with Crippen molar-refractivity contribution in [1.29, 1.82) is 0 Å². The van der Waals surface area contributed by atoms with Crippen LogP contribution in [0.2, 0.25) is 0 Å². The number of hydrogen-bond donors (Lipinski definition) is 1. The molecule has 6 rings (SSSR count). The van der Waals surface area contributed by atoms with Crippen LogP contribution in [0.1, 0.15) is 0 Å². The highest BCUT2D eigenvalue weighted by Crippen LogP contribution is 2.38. The molecule has 24 heavy (non-hydrogen) atoms. The summed E-state index contributed by atoms with van der Waals surface area (Å²) in [6, 6.07) is 25.4. The second-order valence-electron chi connectivity index (χ2n) is 6.29. The molecule has 0 spiro atoms. The van der Waals surface area contributed by atoms with Crippen LogP contribution in [0.5, 0.6) is 0 Å². The Kier molecular flexibility index (Phi) is 2.12. The molecule has 0 fully saturated rings. The molecular formula is C22H13NO. The third-order valence-electron chi connectivity index (χ3n) is 5.02. The van der Waals surface area contributed by atoms with Crippen molar-refractivity contribution < 1.29 is 4.42 Å². The van der Waals surface area contributed by atoms with Gasteiger partial charge in [-0.25, -0.2) is 0 Å². The molecule has 0 bridgehead atoms. The van der Waals surface area contributed by atoms with Crippen LogP contribution < -0.4 is 0 Å². The van der Waals surface area contributed by atoms with E-state index in [0.717, 1.165) is 11.2 Å². The largest absolute Gasteiger partial charge is 0.456 e. The number of H-pyrrole nitrogens is 1. The molecule has 0 aliphatic carbocycles. The van der Waals surface area contributed by atoms with Gasteiger partial charge in [-0.2, -0.15) is 0 Å². The van der Waals surface area contributed by atoms with Crippen molar-refractivity contribution in [2.24, 2.45) is 0 Å². The Morgan fingerprint density at radius 3 is 2.21 bits per heavy atom. The Labute approximate surface area is 137 Å². The predicted octanol–water partition coefficient (Wildman–Crippen LogP) is 6.37. The third-order valence-corrected chi connectivity index (χ3v) is 5.02. The number of rotatable bonds is 0. The van der Waals surface area contributed by atoms with Crippen LogP contribution >= 0.6 is 0 Å². The number of para-hydroxylation sites is 2. The van der Waals surface area contributed by atoms with Gasteiger partial charge in [0.2, 0.25) is 0 Å². The number of fused-ring (bicyclic) bond motifs is 9. The first-order valence-electron chi connectivity index (χ1n) is 8.13. The molecule has 0 aliphatic heterocycles. The highest BCUT2D eigenvalue weighted by atomic mass is 16.3. The second kappa shape index (κ2) is 4.18. The Morgan fingerprint density at radius 1 is 0.542 bits per heavy atom. The lowest BCUT2D eigenvalue weighted by molar-refractivity contribution is 0.669. The van der Waals surface area contributed by atoms with Gasteiger partial charge in [-0.3, -0.25) is 0 Å². The first-order valence-corrected chi connectivity index (χ1v) is 8.13. The smallest absolute Gasteiger partial charge is 0.136 e. The molecular weight excluding hydrogens is 294 g/mol. The first kappa shape index (κ1) is 12.2. The number of nitrogens with one attached hydrogen (secondary N) is 1. The first-order chi connectivity index (χ1) is 11.9. The lowest BCUT2D eigenvalue weighted by Gasteiger charge is -2.02.